The summed E-state index contributed by atoms with van der Waals surface area (Å²) in [4.78, 5) is 0. The van der Waals surface area contributed by atoms with Gasteiger partial charge in [0.05, 0.1) is 5.54 Å². The highest BCUT2D eigenvalue weighted by atomic mass is 14.7. The summed E-state index contributed by atoms with van der Waals surface area (Å²) in [7, 11) is 0. The van der Waals surface area contributed by atoms with E-state index in [-0.39, 0.29) is 0 Å². The molecule has 0 bridgehead atoms. The maximum atomic E-state index is 6.53. The molecule has 0 radical (unpaired) electrons. The second kappa shape index (κ2) is 5.19. The number of hydrogen-bond donors (Lipinski definition) is 1. The van der Waals surface area contributed by atoms with Crippen molar-refractivity contribution in [2.45, 2.75) is 18.9 Å². The van der Waals surface area contributed by atoms with E-state index in [1.165, 1.54) is 0 Å². The van der Waals surface area contributed by atoms with Crippen LogP contribution in [0.15, 0.2) is 61.2 Å². The average molecular weight is 237 g/mol. The maximum absolute atomic E-state index is 6.53. The summed E-state index contributed by atoms with van der Waals surface area (Å²) in [5, 5.41) is 0. The normalized spacial score (nSPS) is 23.1. The van der Waals surface area contributed by atoms with Gasteiger partial charge in [0.2, 0.25) is 0 Å². The molecule has 1 nitrogen and oxygen atoms in total. The monoisotopic (exact) mass is 237 g/mol. The summed E-state index contributed by atoms with van der Waals surface area (Å²) in [6, 6.07) is 8.23. The fourth-order valence-corrected chi connectivity index (χ4v) is 2.43. The van der Waals surface area contributed by atoms with Crippen LogP contribution in [-0.2, 0) is 0 Å². The second-order valence-electron chi connectivity index (χ2n) is 4.53. The summed E-state index contributed by atoms with van der Waals surface area (Å²) in [5.74, 6) is 0. The quantitative estimate of drug-likeness (QED) is 0.846. The van der Waals surface area contributed by atoms with Gasteiger partial charge in [-0.25, -0.2) is 0 Å². The van der Waals surface area contributed by atoms with E-state index >= 15 is 0 Å². The first-order chi connectivity index (χ1) is 8.71. The molecule has 1 aromatic rings. The molecular formula is C17H19N. The molecular weight excluding hydrogens is 218 g/mol. The van der Waals surface area contributed by atoms with Gasteiger partial charge in [-0.3, -0.25) is 0 Å². The molecule has 0 heterocycles. The fraction of sp³-hybridized carbons (Fsp3) is 0.176. The van der Waals surface area contributed by atoms with E-state index in [0.717, 1.165) is 23.1 Å². The Morgan fingerprint density at radius 3 is 2.72 bits per heavy atom. The van der Waals surface area contributed by atoms with Gasteiger partial charge in [-0.05, 0) is 30.0 Å². The van der Waals surface area contributed by atoms with E-state index in [1.807, 2.05) is 37.3 Å². The van der Waals surface area contributed by atoms with Crippen LogP contribution in [-0.4, -0.2) is 5.54 Å². The van der Waals surface area contributed by atoms with Gasteiger partial charge in [-0.2, -0.15) is 0 Å². The Balaban J connectivity index is 2.50. The molecule has 0 saturated carbocycles. The molecule has 2 rings (SSSR count). The van der Waals surface area contributed by atoms with Gasteiger partial charge in [-0.15, -0.1) is 0 Å². The molecule has 0 aromatic heterocycles. The van der Waals surface area contributed by atoms with Gasteiger partial charge >= 0.3 is 0 Å². The Bertz CT molecular complexity index is 534. The van der Waals surface area contributed by atoms with Crippen molar-refractivity contribution in [2.24, 2.45) is 5.73 Å². The molecule has 1 aliphatic carbocycles. The molecule has 1 heteroatoms. The van der Waals surface area contributed by atoms with Crippen LogP contribution >= 0.6 is 0 Å². The van der Waals surface area contributed by atoms with Crippen LogP contribution in [0, 0.1) is 0 Å². The molecule has 92 valence electrons. The molecule has 2 N–H and O–H groups in total. The minimum atomic E-state index is -0.414. The van der Waals surface area contributed by atoms with E-state index in [0.29, 0.717) is 0 Å². The summed E-state index contributed by atoms with van der Waals surface area (Å²) < 4.78 is 0. The van der Waals surface area contributed by atoms with E-state index in [4.69, 9.17) is 5.73 Å². The van der Waals surface area contributed by atoms with Crippen LogP contribution in [0.2, 0.25) is 0 Å². The van der Waals surface area contributed by atoms with Crippen molar-refractivity contribution in [3.8, 4) is 0 Å². The van der Waals surface area contributed by atoms with E-state index in [2.05, 4.69) is 36.9 Å². The Hall–Kier alpha value is -1.86. The summed E-state index contributed by atoms with van der Waals surface area (Å²) >= 11 is 0. The third-order valence-corrected chi connectivity index (χ3v) is 3.36. The molecule has 0 spiro atoms. The Kier molecular flexibility index (Phi) is 3.63. The molecule has 0 fully saturated rings. The first-order valence-electron chi connectivity index (χ1n) is 6.23. The first kappa shape index (κ1) is 12.6. The number of rotatable bonds is 3. The van der Waals surface area contributed by atoms with Crippen molar-refractivity contribution in [3.63, 3.8) is 0 Å². The fourth-order valence-electron chi connectivity index (χ4n) is 2.43. The lowest BCUT2D eigenvalue weighted by Gasteiger charge is -2.31. The topological polar surface area (TPSA) is 26.0 Å². The molecule has 1 aromatic carbocycles. The van der Waals surface area contributed by atoms with Crippen LogP contribution in [0.3, 0.4) is 0 Å². The highest BCUT2D eigenvalue weighted by Gasteiger charge is 2.27. The number of nitrogens with two attached hydrogens (primary N) is 1. The smallest absolute Gasteiger partial charge is 0.0636 e. The summed E-state index contributed by atoms with van der Waals surface area (Å²) in [6.45, 7) is 5.91. The second-order valence-corrected chi connectivity index (χ2v) is 4.53. The SMILES string of the molecule is C=Cc1ccccc1C(=CC)C1(N)C=CC=CC1. The summed E-state index contributed by atoms with van der Waals surface area (Å²) in [6.07, 6.45) is 13.1. The molecule has 0 amide bonds. The van der Waals surface area contributed by atoms with E-state index in [1.54, 1.807) is 0 Å². The largest absolute Gasteiger partial charge is 0.318 e. The first-order valence-corrected chi connectivity index (χ1v) is 6.23. The van der Waals surface area contributed by atoms with Crippen molar-refractivity contribution in [3.05, 3.63) is 72.4 Å². The van der Waals surface area contributed by atoms with Gasteiger partial charge in [-0.1, -0.05) is 67.3 Å². The average Bonchev–Trinajstić information content (AvgIpc) is 2.40. The predicted molar refractivity (Wildman–Crippen MR) is 80.0 cm³/mol. The van der Waals surface area contributed by atoms with E-state index in [9.17, 15) is 0 Å². The highest BCUT2D eigenvalue weighted by molar-refractivity contribution is 5.81. The molecule has 0 saturated heterocycles. The van der Waals surface area contributed by atoms with Crippen molar-refractivity contribution < 1.29 is 0 Å². The molecule has 0 aliphatic heterocycles. The number of allylic oxidation sites excluding steroid dienone is 3. The number of benzene rings is 1. The van der Waals surface area contributed by atoms with Crippen LogP contribution in [0.25, 0.3) is 11.6 Å². The highest BCUT2D eigenvalue weighted by Crippen LogP contribution is 2.33. The Labute approximate surface area is 109 Å². The van der Waals surface area contributed by atoms with Crippen molar-refractivity contribution in [2.75, 3.05) is 0 Å². The third kappa shape index (κ3) is 2.22. The maximum Gasteiger partial charge on any atom is 0.0636 e. The van der Waals surface area contributed by atoms with Gasteiger partial charge < -0.3 is 5.73 Å². The van der Waals surface area contributed by atoms with Gasteiger partial charge in [0.25, 0.3) is 0 Å². The Morgan fingerprint density at radius 1 is 1.33 bits per heavy atom. The zero-order valence-corrected chi connectivity index (χ0v) is 10.8. The molecule has 18 heavy (non-hydrogen) atoms. The van der Waals surface area contributed by atoms with Gasteiger partial charge in [0, 0.05) is 0 Å². The van der Waals surface area contributed by atoms with Crippen LogP contribution in [0.1, 0.15) is 24.5 Å². The lowest BCUT2D eigenvalue weighted by atomic mass is 9.79. The zero-order chi connectivity index (χ0) is 13.0. The lowest BCUT2D eigenvalue weighted by molar-refractivity contribution is 0.678. The Morgan fingerprint density at radius 2 is 2.11 bits per heavy atom. The molecule has 1 aliphatic rings. The van der Waals surface area contributed by atoms with Crippen LogP contribution in [0.5, 0.6) is 0 Å². The standard InChI is InChI=1S/C17H19N/c1-3-14-10-6-7-11-15(14)16(4-2)17(18)12-8-5-9-13-17/h3-12H,1,13,18H2,2H3. The predicted octanol–water partition coefficient (Wildman–Crippen LogP) is 3.95. The number of hydrogen-bond acceptors (Lipinski definition) is 1. The van der Waals surface area contributed by atoms with Crippen molar-refractivity contribution in [1.29, 1.82) is 0 Å². The van der Waals surface area contributed by atoms with Crippen molar-refractivity contribution in [1.82, 2.24) is 0 Å². The van der Waals surface area contributed by atoms with Crippen molar-refractivity contribution >= 4 is 11.6 Å². The lowest BCUT2D eigenvalue weighted by Crippen LogP contribution is -2.39. The minimum Gasteiger partial charge on any atom is -0.318 e. The molecule has 1 unspecified atom stereocenters. The summed E-state index contributed by atoms with van der Waals surface area (Å²) in [5.41, 5.74) is 9.55. The minimum absolute atomic E-state index is 0.414. The molecule has 1 atom stereocenters. The van der Waals surface area contributed by atoms with Gasteiger partial charge in [0.15, 0.2) is 0 Å². The van der Waals surface area contributed by atoms with Crippen LogP contribution < -0.4 is 5.73 Å². The zero-order valence-electron chi connectivity index (χ0n) is 10.8. The van der Waals surface area contributed by atoms with Crippen LogP contribution in [0.4, 0.5) is 0 Å². The van der Waals surface area contributed by atoms with E-state index < -0.39 is 5.54 Å². The third-order valence-electron chi connectivity index (χ3n) is 3.36. The van der Waals surface area contributed by atoms with Gasteiger partial charge in [0.1, 0.15) is 0 Å².